The van der Waals surface area contributed by atoms with Crippen molar-refractivity contribution in [2.75, 3.05) is 27.4 Å². The number of hydrogen-bond acceptors (Lipinski definition) is 5. The largest absolute Gasteiger partial charge is 0.493 e. The van der Waals surface area contributed by atoms with Crippen LogP contribution >= 0.6 is 23.2 Å². The van der Waals surface area contributed by atoms with E-state index in [-0.39, 0.29) is 12.2 Å². The molecule has 0 aromatic heterocycles. The van der Waals surface area contributed by atoms with Gasteiger partial charge in [0.2, 0.25) is 0 Å². The standard InChI is InChI=1S/C26H28Cl2FNO4/c1-4-33-25-13-18(15-30-11-10-17-8-9-23(31-2)24(12-17)32-3)21(28)14-26(25)34-16-19-20(27)6-5-7-22(19)29/h5-9,12-14,30H,4,10-11,15-16H2,1-3H3. The maximum Gasteiger partial charge on any atom is 0.163 e. The predicted octanol–water partition coefficient (Wildman–Crippen LogP) is 6.46. The highest BCUT2D eigenvalue weighted by atomic mass is 35.5. The molecule has 3 rings (SSSR count). The van der Waals surface area contributed by atoms with Crippen LogP contribution in [0.25, 0.3) is 0 Å². The summed E-state index contributed by atoms with van der Waals surface area (Å²) in [6, 6.07) is 13.9. The number of methoxy groups -OCH3 is 2. The molecule has 0 bridgehead atoms. The van der Waals surface area contributed by atoms with Crippen LogP contribution < -0.4 is 24.3 Å². The van der Waals surface area contributed by atoms with Gasteiger partial charge in [0.1, 0.15) is 12.4 Å². The van der Waals surface area contributed by atoms with Gasteiger partial charge in [0, 0.05) is 23.2 Å². The zero-order valence-corrected chi connectivity index (χ0v) is 20.9. The molecule has 182 valence electrons. The van der Waals surface area contributed by atoms with Gasteiger partial charge in [0.25, 0.3) is 0 Å². The van der Waals surface area contributed by atoms with E-state index in [1.54, 1.807) is 32.4 Å². The van der Waals surface area contributed by atoms with E-state index < -0.39 is 5.82 Å². The Balaban J connectivity index is 1.63. The lowest BCUT2D eigenvalue weighted by Crippen LogP contribution is -2.17. The van der Waals surface area contributed by atoms with Crippen molar-refractivity contribution >= 4 is 23.2 Å². The quantitative estimate of drug-likeness (QED) is 0.285. The molecule has 0 aliphatic carbocycles. The number of benzene rings is 3. The molecule has 1 N–H and O–H groups in total. The summed E-state index contributed by atoms with van der Waals surface area (Å²) in [4.78, 5) is 0. The van der Waals surface area contributed by atoms with Crippen molar-refractivity contribution < 1.29 is 23.3 Å². The minimum absolute atomic E-state index is 0.0369. The molecule has 0 atom stereocenters. The molecule has 0 fully saturated rings. The van der Waals surface area contributed by atoms with E-state index in [0.29, 0.717) is 46.2 Å². The van der Waals surface area contributed by atoms with Crippen LogP contribution in [0.4, 0.5) is 4.39 Å². The topological polar surface area (TPSA) is 49.0 Å². The molecule has 0 heterocycles. The molecule has 5 nitrogen and oxygen atoms in total. The molecule has 3 aromatic carbocycles. The highest BCUT2D eigenvalue weighted by molar-refractivity contribution is 6.31. The molecular weight excluding hydrogens is 480 g/mol. The van der Waals surface area contributed by atoms with E-state index in [1.165, 1.54) is 6.07 Å². The fourth-order valence-electron chi connectivity index (χ4n) is 3.41. The number of hydrogen-bond donors (Lipinski definition) is 1. The second-order valence-electron chi connectivity index (χ2n) is 7.43. The molecule has 8 heteroatoms. The minimum atomic E-state index is -0.424. The van der Waals surface area contributed by atoms with Crippen molar-refractivity contribution in [3.8, 4) is 23.0 Å². The molecule has 0 radical (unpaired) electrons. The lowest BCUT2D eigenvalue weighted by molar-refractivity contribution is 0.265. The first-order chi connectivity index (χ1) is 16.5. The summed E-state index contributed by atoms with van der Waals surface area (Å²) in [5.74, 6) is 1.95. The Morgan fingerprint density at radius 2 is 1.62 bits per heavy atom. The van der Waals surface area contributed by atoms with E-state index >= 15 is 0 Å². The smallest absolute Gasteiger partial charge is 0.163 e. The third-order valence-electron chi connectivity index (χ3n) is 5.20. The predicted molar refractivity (Wildman–Crippen MR) is 133 cm³/mol. The SMILES string of the molecule is CCOc1cc(CNCCc2ccc(OC)c(OC)c2)c(Cl)cc1OCc1c(F)cccc1Cl. The van der Waals surface area contributed by atoms with Crippen molar-refractivity contribution in [1.82, 2.24) is 5.32 Å². The van der Waals surface area contributed by atoms with Crippen LogP contribution in [0.1, 0.15) is 23.6 Å². The number of rotatable bonds is 12. The molecule has 0 unspecified atom stereocenters. The van der Waals surface area contributed by atoms with Crippen LogP contribution in [-0.2, 0) is 19.6 Å². The van der Waals surface area contributed by atoms with Gasteiger partial charge in [-0.1, -0.05) is 35.3 Å². The van der Waals surface area contributed by atoms with E-state index in [0.717, 1.165) is 24.1 Å². The molecule has 34 heavy (non-hydrogen) atoms. The molecule has 0 amide bonds. The summed E-state index contributed by atoms with van der Waals surface area (Å²) >= 11 is 12.6. The Kier molecular flexibility index (Phi) is 9.69. The fraction of sp³-hybridized carbons (Fsp3) is 0.308. The Bertz CT molecular complexity index is 1090. The van der Waals surface area contributed by atoms with E-state index in [4.69, 9.17) is 42.1 Å². The van der Waals surface area contributed by atoms with Gasteiger partial charge in [-0.2, -0.15) is 0 Å². The highest BCUT2D eigenvalue weighted by Gasteiger charge is 2.14. The summed E-state index contributed by atoms with van der Waals surface area (Å²) in [6.45, 7) is 3.58. The first-order valence-corrected chi connectivity index (χ1v) is 11.6. The molecule has 0 spiro atoms. The van der Waals surface area contributed by atoms with E-state index in [9.17, 15) is 4.39 Å². The van der Waals surface area contributed by atoms with Gasteiger partial charge in [0.05, 0.1) is 25.8 Å². The van der Waals surface area contributed by atoms with Crippen LogP contribution in [0.15, 0.2) is 48.5 Å². The first kappa shape index (κ1) is 25.9. The molecule has 0 aliphatic heterocycles. The Morgan fingerprint density at radius 3 is 2.32 bits per heavy atom. The zero-order valence-electron chi connectivity index (χ0n) is 19.4. The van der Waals surface area contributed by atoms with Crippen LogP contribution in [0.5, 0.6) is 23.0 Å². The van der Waals surface area contributed by atoms with Crippen LogP contribution in [0, 0.1) is 5.82 Å². The lowest BCUT2D eigenvalue weighted by Gasteiger charge is -2.16. The average molecular weight is 508 g/mol. The monoisotopic (exact) mass is 507 g/mol. The van der Waals surface area contributed by atoms with Crippen LogP contribution in [0.2, 0.25) is 10.0 Å². The highest BCUT2D eigenvalue weighted by Crippen LogP contribution is 2.35. The first-order valence-electron chi connectivity index (χ1n) is 10.9. The van der Waals surface area contributed by atoms with E-state index in [2.05, 4.69) is 5.32 Å². The third kappa shape index (κ3) is 6.69. The summed E-state index contributed by atoms with van der Waals surface area (Å²) in [5.41, 5.74) is 2.28. The summed E-state index contributed by atoms with van der Waals surface area (Å²) < 4.78 is 36.3. The number of ether oxygens (including phenoxy) is 4. The summed E-state index contributed by atoms with van der Waals surface area (Å²) in [7, 11) is 3.24. The van der Waals surface area contributed by atoms with Crippen molar-refractivity contribution in [3.63, 3.8) is 0 Å². The maximum absolute atomic E-state index is 14.1. The van der Waals surface area contributed by atoms with Crippen molar-refractivity contribution in [1.29, 1.82) is 0 Å². The Labute approximate surface area is 209 Å². The molecule has 3 aromatic rings. The van der Waals surface area contributed by atoms with Gasteiger partial charge in [-0.05, 0) is 61.3 Å². The number of nitrogens with one attached hydrogen (secondary N) is 1. The van der Waals surface area contributed by atoms with Gasteiger partial charge in [-0.25, -0.2) is 4.39 Å². The maximum atomic E-state index is 14.1. The molecule has 0 saturated carbocycles. The zero-order chi connectivity index (χ0) is 24.5. The van der Waals surface area contributed by atoms with Gasteiger partial charge < -0.3 is 24.3 Å². The van der Waals surface area contributed by atoms with Gasteiger partial charge in [-0.3, -0.25) is 0 Å². The van der Waals surface area contributed by atoms with Crippen molar-refractivity contribution in [3.05, 3.63) is 81.1 Å². The van der Waals surface area contributed by atoms with Crippen molar-refractivity contribution in [2.24, 2.45) is 0 Å². The Hall–Kier alpha value is -2.67. The minimum Gasteiger partial charge on any atom is -0.493 e. The van der Waals surface area contributed by atoms with Crippen LogP contribution in [-0.4, -0.2) is 27.4 Å². The molecule has 0 saturated heterocycles. The second kappa shape index (κ2) is 12.7. The van der Waals surface area contributed by atoms with E-state index in [1.807, 2.05) is 31.2 Å². The fourth-order valence-corrected chi connectivity index (χ4v) is 3.84. The molecule has 0 aliphatic rings. The third-order valence-corrected chi connectivity index (χ3v) is 5.91. The van der Waals surface area contributed by atoms with Gasteiger partial charge in [-0.15, -0.1) is 0 Å². The Morgan fingerprint density at radius 1 is 0.853 bits per heavy atom. The van der Waals surface area contributed by atoms with Gasteiger partial charge in [0.15, 0.2) is 23.0 Å². The normalized spacial score (nSPS) is 10.8. The average Bonchev–Trinajstić information content (AvgIpc) is 2.83. The second-order valence-corrected chi connectivity index (χ2v) is 8.24. The van der Waals surface area contributed by atoms with Gasteiger partial charge >= 0.3 is 0 Å². The summed E-state index contributed by atoms with van der Waals surface area (Å²) in [5, 5.41) is 4.23. The lowest BCUT2D eigenvalue weighted by atomic mass is 10.1. The van der Waals surface area contributed by atoms with Crippen LogP contribution in [0.3, 0.4) is 0 Å². The number of halogens is 3. The summed E-state index contributed by atoms with van der Waals surface area (Å²) in [6.07, 6.45) is 0.806. The molecular formula is C26H28Cl2FNO4. The van der Waals surface area contributed by atoms with Crippen molar-refractivity contribution in [2.45, 2.75) is 26.5 Å².